The topological polar surface area (TPSA) is 67.4 Å². The largest absolute Gasteiger partial charge is 0.384 e. The quantitative estimate of drug-likeness (QED) is 0.837. The lowest BCUT2D eigenvalue weighted by Crippen LogP contribution is -2.56. The minimum Gasteiger partial charge on any atom is -0.384 e. The van der Waals surface area contributed by atoms with Gasteiger partial charge in [0, 0.05) is 37.2 Å². The molecule has 4 atom stereocenters. The van der Waals surface area contributed by atoms with E-state index in [1.54, 1.807) is 25.3 Å². The Morgan fingerprint density at radius 1 is 1.36 bits per heavy atom. The summed E-state index contributed by atoms with van der Waals surface area (Å²) in [6.45, 7) is 0.603. The van der Waals surface area contributed by atoms with Crippen LogP contribution in [0.2, 0.25) is 10.0 Å². The first-order valence-electron chi connectivity index (χ1n) is 8.52. The molecule has 1 heterocycles. The fourth-order valence-electron chi connectivity index (χ4n) is 4.04. The number of carbonyl (C=O) groups is 2. The van der Waals surface area contributed by atoms with Gasteiger partial charge in [-0.2, -0.15) is 0 Å². The van der Waals surface area contributed by atoms with Gasteiger partial charge in [0.2, 0.25) is 5.91 Å². The second-order valence-electron chi connectivity index (χ2n) is 6.87. The lowest BCUT2D eigenvalue weighted by molar-refractivity contribution is -0.128. The van der Waals surface area contributed by atoms with Crippen molar-refractivity contribution in [2.45, 2.75) is 37.8 Å². The molecule has 0 spiro atoms. The molecule has 1 saturated heterocycles. The molecule has 5 nitrogen and oxygen atoms in total. The van der Waals surface area contributed by atoms with Crippen molar-refractivity contribution >= 4 is 35.0 Å². The molecule has 0 aromatic heterocycles. The average Bonchev–Trinajstić information content (AvgIpc) is 2.54. The van der Waals surface area contributed by atoms with E-state index in [-0.39, 0.29) is 29.8 Å². The van der Waals surface area contributed by atoms with Gasteiger partial charge in [-0.3, -0.25) is 9.59 Å². The van der Waals surface area contributed by atoms with E-state index in [1.807, 2.05) is 0 Å². The van der Waals surface area contributed by atoms with Crippen molar-refractivity contribution < 1.29 is 14.3 Å². The predicted octanol–water partition coefficient (Wildman–Crippen LogP) is 3.04. The van der Waals surface area contributed by atoms with Crippen molar-refractivity contribution in [3.63, 3.8) is 0 Å². The second kappa shape index (κ2) is 7.94. The standard InChI is InChI=1S/C18H22Cl2N2O3/c1-25-9-10-6-17(23)22-16-8-12(3-5-13(10)16)21-18(24)14-4-2-11(19)7-15(14)20/h2,4,7,10,12-13,16H,3,5-6,8-9H2,1H3,(H,21,24)(H,22,23). The lowest BCUT2D eigenvalue weighted by atomic mass is 9.71. The number of carbonyl (C=O) groups excluding carboxylic acids is 2. The summed E-state index contributed by atoms with van der Waals surface area (Å²) in [6, 6.07) is 4.94. The monoisotopic (exact) mass is 384 g/mol. The maximum absolute atomic E-state index is 12.5. The van der Waals surface area contributed by atoms with Crippen molar-refractivity contribution in [2.75, 3.05) is 13.7 Å². The third kappa shape index (κ3) is 4.27. The van der Waals surface area contributed by atoms with Crippen LogP contribution in [-0.2, 0) is 9.53 Å². The summed E-state index contributed by atoms with van der Waals surface area (Å²) in [5.74, 6) is 0.521. The first-order valence-corrected chi connectivity index (χ1v) is 9.27. The average molecular weight is 385 g/mol. The molecule has 2 aliphatic rings. The van der Waals surface area contributed by atoms with Gasteiger partial charge in [0.15, 0.2) is 0 Å². The number of amides is 2. The molecule has 2 N–H and O–H groups in total. The zero-order valence-electron chi connectivity index (χ0n) is 14.1. The Morgan fingerprint density at radius 2 is 2.16 bits per heavy atom. The predicted molar refractivity (Wildman–Crippen MR) is 97.0 cm³/mol. The van der Waals surface area contributed by atoms with Gasteiger partial charge in [-0.25, -0.2) is 0 Å². The molecule has 3 rings (SSSR count). The Balaban J connectivity index is 1.64. The summed E-state index contributed by atoms with van der Waals surface area (Å²) in [5.41, 5.74) is 0.415. The summed E-state index contributed by atoms with van der Waals surface area (Å²) in [5, 5.41) is 6.95. The highest BCUT2D eigenvalue weighted by Gasteiger charge is 2.41. The molecule has 2 amide bonds. The second-order valence-corrected chi connectivity index (χ2v) is 7.71. The number of piperidine rings is 1. The normalized spacial score (nSPS) is 28.8. The van der Waals surface area contributed by atoms with Crippen LogP contribution in [0.15, 0.2) is 18.2 Å². The van der Waals surface area contributed by atoms with E-state index in [9.17, 15) is 9.59 Å². The number of hydrogen-bond acceptors (Lipinski definition) is 3. The zero-order chi connectivity index (χ0) is 18.0. The van der Waals surface area contributed by atoms with Gasteiger partial charge in [0.05, 0.1) is 10.6 Å². The molecule has 1 aliphatic heterocycles. The highest BCUT2D eigenvalue weighted by molar-refractivity contribution is 6.36. The molecule has 136 valence electrons. The number of halogens is 2. The van der Waals surface area contributed by atoms with E-state index >= 15 is 0 Å². The van der Waals surface area contributed by atoms with Crippen molar-refractivity contribution in [3.05, 3.63) is 33.8 Å². The Kier molecular flexibility index (Phi) is 5.87. The number of benzene rings is 1. The summed E-state index contributed by atoms with van der Waals surface area (Å²) in [4.78, 5) is 24.4. The Hall–Kier alpha value is -1.30. The summed E-state index contributed by atoms with van der Waals surface area (Å²) in [6.07, 6.45) is 3.09. The summed E-state index contributed by atoms with van der Waals surface area (Å²) in [7, 11) is 1.67. The van der Waals surface area contributed by atoms with Gasteiger partial charge < -0.3 is 15.4 Å². The van der Waals surface area contributed by atoms with E-state index in [2.05, 4.69) is 10.6 Å². The van der Waals surface area contributed by atoms with E-state index in [4.69, 9.17) is 27.9 Å². The van der Waals surface area contributed by atoms with Gasteiger partial charge in [-0.05, 0) is 49.3 Å². The van der Waals surface area contributed by atoms with Crippen LogP contribution in [0.1, 0.15) is 36.0 Å². The van der Waals surface area contributed by atoms with Crippen molar-refractivity contribution in [2.24, 2.45) is 11.8 Å². The lowest BCUT2D eigenvalue weighted by Gasteiger charge is -2.43. The molecule has 25 heavy (non-hydrogen) atoms. The molecule has 2 fully saturated rings. The highest BCUT2D eigenvalue weighted by Crippen LogP contribution is 2.35. The Labute approximate surface area is 157 Å². The van der Waals surface area contributed by atoms with Crippen LogP contribution in [0, 0.1) is 11.8 Å². The molecule has 1 saturated carbocycles. The van der Waals surface area contributed by atoms with E-state index < -0.39 is 0 Å². The summed E-state index contributed by atoms with van der Waals surface area (Å²) >= 11 is 12.0. The van der Waals surface area contributed by atoms with Crippen LogP contribution in [0.4, 0.5) is 0 Å². The number of ether oxygens (including phenoxy) is 1. The molecular formula is C18H22Cl2N2O3. The third-order valence-electron chi connectivity index (χ3n) is 5.19. The number of hydrogen-bond donors (Lipinski definition) is 2. The number of fused-ring (bicyclic) bond motifs is 1. The molecular weight excluding hydrogens is 363 g/mol. The van der Waals surface area contributed by atoms with Gasteiger partial charge in [0.25, 0.3) is 5.91 Å². The SMILES string of the molecule is COCC1CC(=O)NC2CC(NC(=O)c3ccc(Cl)cc3Cl)CCC12. The first kappa shape index (κ1) is 18.5. The third-order valence-corrected chi connectivity index (χ3v) is 5.74. The van der Waals surface area contributed by atoms with Gasteiger partial charge in [0.1, 0.15) is 0 Å². The van der Waals surface area contributed by atoms with Crippen LogP contribution in [-0.4, -0.2) is 37.6 Å². The Bertz CT molecular complexity index is 668. The van der Waals surface area contributed by atoms with Crippen LogP contribution in [0.25, 0.3) is 0 Å². The van der Waals surface area contributed by atoms with Crippen LogP contribution in [0.5, 0.6) is 0 Å². The van der Waals surface area contributed by atoms with Gasteiger partial charge in [-0.1, -0.05) is 23.2 Å². The smallest absolute Gasteiger partial charge is 0.253 e. The minimum absolute atomic E-state index is 0.0158. The fourth-order valence-corrected chi connectivity index (χ4v) is 4.54. The van der Waals surface area contributed by atoms with Crippen LogP contribution < -0.4 is 10.6 Å². The molecule has 1 aromatic rings. The molecule has 7 heteroatoms. The van der Waals surface area contributed by atoms with Crippen LogP contribution >= 0.6 is 23.2 Å². The minimum atomic E-state index is -0.208. The number of methoxy groups -OCH3 is 1. The maximum Gasteiger partial charge on any atom is 0.253 e. The zero-order valence-corrected chi connectivity index (χ0v) is 15.6. The molecule has 4 unspecified atom stereocenters. The number of rotatable bonds is 4. The van der Waals surface area contributed by atoms with Crippen molar-refractivity contribution in [1.29, 1.82) is 0 Å². The molecule has 0 radical (unpaired) electrons. The van der Waals surface area contributed by atoms with Gasteiger partial charge in [-0.15, -0.1) is 0 Å². The van der Waals surface area contributed by atoms with E-state index in [0.717, 1.165) is 19.3 Å². The van der Waals surface area contributed by atoms with Crippen molar-refractivity contribution in [1.82, 2.24) is 10.6 Å². The maximum atomic E-state index is 12.5. The molecule has 0 bridgehead atoms. The highest BCUT2D eigenvalue weighted by atomic mass is 35.5. The van der Waals surface area contributed by atoms with Gasteiger partial charge >= 0.3 is 0 Å². The Morgan fingerprint density at radius 3 is 2.88 bits per heavy atom. The number of nitrogens with one attached hydrogen (secondary N) is 2. The summed E-state index contributed by atoms with van der Waals surface area (Å²) < 4.78 is 5.28. The van der Waals surface area contributed by atoms with Crippen molar-refractivity contribution in [3.8, 4) is 0 Å². The molecule has 1 aromatic carbocycles. The van der Waals surface area contributed by atoms with E-state index in [0.29, 0.717) is 34.6 Å². The fraction of sp³-hybridized carbons (Fsp3) is 0.556. The van der Waals surface area contributed by atoms with E-state index in [1.165, 1.54) is 0 Å². The molecule has 1 aliphatic carbocycles. The van der Waals surface area contributed by atoms with Crippen LogP contribution in [0.3, 0.4) is 0 Å². The first-order chi connectivity index (χ1) is 12.0.